The van der Waals surface area contributed by atoms with Gasteiger partial charge in [-0.25, -0.2) is 9.97 Å². The summed E-state index contributed by atoms with van der Waals surface area (Å²) in [6.45, 7) is 3.88. The van der Waals surface area contributed by atoms with Gasteiger partial charge >= 0.3 is 0 Å². The van der Waals surface area contributed by atoms with Crippen molar-refractivity contribution in [2.75, 3.05) is 30.0 Å². The Morgan fingerprint density at radius 2 is 1.89 bits per heavy atom. The number of hydrogen-bond donors (Lipinski definition) is 2. The van der Waals surface area contributed by atoms with Crippen LogP contribution in [-0.2, 0) is 0 Å². The van der Waals surface area contributed by atoms with Crippen molar-refractivity contribution in [3.05, 3.63) is 10.8 Å². The van der Waals surface area contributed by atoms with Gasteiger partial charge in [0.15, 0.2) is 0 Å². The third-order valence-electron chi connectivity index (χ3n) is 3.66. The molecule has 106 valence electrons. The van der Waals surface area contributed by atoms with Gasteiger partial charge in [-0.3, -0.25) is 0 Å². The van der Waals surface area contributed by atoms with Crippen molar-refractivity contribution in [2.45, 2.75) is 37.4 Å². The number of aromatic nitrogens is 2. The molecule has 1 aliphatic carbocycles. The highest BCUT2D eigenvalue weighted by molar-refractivity contribution is 9.10. The maximum Gasteiger partial charge on any atom is 0.145 e. The SMILES string of the molecule is CCNc1ncnc(NCC2(SC)CCCC2)c1Br. The average Bonchev–Trinajstić information content (AvgIpc) is 2.89. The Morgan fingerprint density at radius 1 is 1.26 bits per heavy atom. The van der Waals surface area contributed by atoms with Crippen molar-refractivity contribution in [3.63, 3.8) is 0 Å². The van der Waals surface area contributed by atoms with Crippen molar-refractivity contribution in [3.8, 4) is 0 Å². The molecule has 0 atom stereocenters. The molecule has 4 nitrogen and oxygen atoms in total. The van der Waals surface area contributed by atoms with E-state index in [1.165, 1.54) is 25.7 Å². The standard InChI is InChI=1S/C13H21BrN4S/c1-3-15-11-10(14)12(18-9-17-11)16-8-13(19-2)6-4-5-7-13/h9H,3-8H2,1-2H3,(H2,15,16,17,18). The molecule has 0 spiro atoms. The monoisotopic (exact) mass is 344 g/mol. The number of thioether (sulfide) groups is 1. The van der Waals surface area contributed by atoms with Crippen LogP contribution >= 0.6 is 27.7 Å². The molecule has 1 aromatic heterocycles. The largest absolute Gasteiger partial charge is 0.369 e. The van der Waals surface area contributed by atoms with Crippen LogP contribution in [-0.4, -0.2) is 34.1 Å². The zero-order chi connectivity index (χ0) is 13.7. The second kappa shape index (κ2) is 6.79. The summed E-state index contributed by atoms with van der Waals surface area (Å²) in [4.78, 5) is 8.56. The van der Waals surface area contributed by atoms with Gasteiger partial charge < -0.3 is 10.6 Å². The average molecular weight is 345 g/mol. The number of hydrogen-bond acceptors (Lipinski definition) is 5. The first kappa shape index (κ1) is 14.9. The van der Waals surface area contributed by atoms with Crippen molar-refractivity contribution >= 4 is 39.3 Å². The molecule has 1 heterocycles. The van der Waals surface area contributed by atoms with Gasteiger partial charge in [0.2, 0.25) is 0 Å². The van der Waals surface area contributed by atoms with Crippen LogP contribution in [0.15, 0.2) is 10.8 Å². The van der Waals surface area contributed by atoms with E-state index in [0.29, 0.717) is 4.75 Å². The minimum Gasteiger partial charge on any atom is -0.369 e. The Kier molecular flexibility index (Phi) is 5.33. The van der Waals surface area contributed by atoms with Crippen LogP contribution in [0.5, 0.6) is 0 Å². The third-order valence-corrected chi connectivity index (χ3v) is 5.83. The molecule has 1 saturated carbocycles. The summed E-state index contributed by atoms with van der Waals surface area (Å²) in [6.07, 6.45) is 9.09. The molecular weight excluding hydrogens is 324 g/mol. The molecule has 2 N–H and O–H groups in total. The Labute approximate surface area is 127 Å². The van der Waals surface area contributed by atoms with Gasteiger partial charge in [0.05, 0.1) is 0 Å². The predicted octanol–water partition coefficient (Wildman–Crippen LogP) is 3.76. The third kappa shape index (κ3) is 3.54. The molecule has 19 heavy (non-hydrogen) atoms. The summed E-state index contributed by atoms with van der Waals surface area (Å²) >= 11 is 5.56. The number of halogens is 1. The van der Waals surface area contributed by atoms with Gasteiger partial charge in [-0.2, -0.15) is 11.8 Å². The van der Waals surface area contributed by atoms with E-state index in [9.17, 15) is 0 Å². The van der Waals surface area contributed by atoms with Crippen LogP contribution in [0, 0.1) is 0 Å². The van der Waals surface area contributed by atoms with Crippen LogP contribution in [0.2, 0.25) is 0 Å². The minimum atomic E-state index is 0.378. The highest BCUT2D eigenvalue weighted by Gasteiger charge is 2.32. The highest BCUT2D eigenvalue weighted by Crippen LogP contribution is 2.40. The van der Waals surface area contributed by atoms with E-state index >= 15 is 0 Å². The molecule has 0 saturated heterocycles. The Bertz CT molecular complexity index is 421. The van der Waals surface area contributed by atoms with Gasteiger partial charge in [-0.15, -0.1) is 0 Å². The number of rotatable bonds is 6. The van der Waals surface area contributed by atoms with E-state index in [4.69, 9.17) is 0 Å². The van der Waals surface area contributed by atoms with Crippen LogP contribution in [0.1, 0.15) is 32.6 Å². The second-order valence-electron chi connectivity index (χ2n) is 4.86. The van der Waals surface area contributed by atoms with E-state index in [-0.39, 0.29) is 0 Å². The van der Waals surface area contributed by atoms with Crippen LogP contribution < -0.4 is 10.6 Å². The lowest BCUT2D eigenvalue weighted by Crippen LogP contribution is -2.30. The summed E-state index contributed by atoms with van der Waals surface area (Å²) in [6, 6.07) is 0. The quantitative estimate of drug-likeness (QED) is 0.822. The normalized spacial score (nSPS) is 17.4. The maximum absolute atomic E-state index is 4.33. The zero-order valence-electron chi connectivity index (χ0n) is 11.5. The molecule has 0 amide bonds. The summed E-state index contributed by atoms with van der Waals surface area (Å²) in [5, 5.41) is 6.71. The first-order valence-corrected chi connectivity index (χ1v) is 8.76. The fraction of sp³-hybridized carbons (Fsp3) is 0.692. The second-order valence-corrected chi connectivity index (χ2v) is 6.93. The minimum absolute atomic E-state index is 0.378. The lowest BCUT2D eigenvalue weighted by molar-refractivity contribution is 0.638. The van der Waals surface area contributed by atoms with E-state index in [1.54, 1.807) is 6.33 Å². The first-order valence-electron chi connectivity index (χ1n) is 6.74. The van der Waals surface area contributed by atoms with Gasteiger partial charge in [0.25, 0.3) is 0 Å². The van der Waals surface area contributed by atoms with Gasteiger partial charge in [0.1, 0.15) is 22.4 Å². The van der Waals surface area contributed by atoms with Crippen LogP contribution in [0.3, 0.4) is 0 Å². The summed E-state index contributed by atoms with van der Waals surface area (Å²) < 4.78 is 1.30. The molecule has 0 aliphatic heterocycles. The lowest BCUT2D eigenvalue weighted by atomic mass is 10.1. The molecule has 2 rings (SSSR count). The molecule has 1 fully saturated rings. The maximum atomic E-state index is 4.33. The first-order chi connectivity index (χ1) is 9.21. The summed E-state index contributed by atoms with van der Waals surface area (Å²) in [5.74, 6) is 1.73. The lowest BCUT2D eigenvalue weighted by Gasteiger charge is -2.27. The molecular formula is C13H21BrN4S. The van der Waals surface area contributed by atoms with Crippen molar-refractivity contribution in [1.29, 1.82) is 0 Å². The smallest absolute Gasteiger partial charge is 0.145 e. The van der Waals surface area contributed by atoms with E-state index in [1.807, 2.05) is 11.8 Å². The van der Waals surface area contributed by atoms with Crippen LogP contribution in [0.25, 0.3) is 0 Å². The Morgan fingerprint density at radius 3 is 2.47 bits per heavy atom. The Balaban J connectivity index is 2.04. The predicted molar refractivity (Wildman–Crippen MR) is 87.1 cm³/mol. The number of nitrogens with zero attached hydrogens (tertiary/aromatic N) is 2. The highest BCUT2D eigenvalue weighted by atomic mass is 79.9. The topological polar surface area (TPSA) is 49.8 Å². The molecule has 0 aromatic carbocycles. The van der Waals surface area contributed by atoms with Crippen molar-refractivity contribution in [2.24, 2.45) is 0 Å². The molecule has 1 aliphatic rings. The molecule has 1 aromatic rings. The molecule has 0 bridgehead atoms. The fourth-order valence-electron chi connectivity index (χ4n) is 2.50. The zero-order valence-corrected chi connectivity index (χ0v) is 13.9. The van der Waals surface area contributed by atoms with Gasteiger partial charge in [-0.1, -0.05) is 12.8 Å². The summed E-state index contributed by atoms with van der Waals surface area (Å²) in [5.41, 5.74) is 0. The number of nitrogens with one attached hydrogen (secondary N) is 2. The molecule has 6 heteroatoms. The summed E-state index contributed by atoms with van der Waals surface area (Å²) in [7, 11) is 0. The molecule has 0 unspecified atom stereocenters. The Hall–Kier alpha value is -0.490. The van der Waals surface area contributed by atoms with Crippen molar-refractivity contribution < 1.29 is 0 Å². The van der Waals surface area contributed by atoms with Gasteiger partial charge in [-0.05, 0) is 42.0 Å². The number of anilines is 2. The van der Waals surface area contributed by atoms with E-state index in [2.05, 4.69) is 49.7 Å². The van der Waals surface area contributed by atoms with E-state index < -0.39 is 0 Å². The van der Waals surface area contributed by atoms with Gasteiger partial charge in [0, 0.05) is 17.8 Å². The molecule has 0 radical (unpaired) electrons. The van der Waals surface area contributed by atoms with Crippen LogP contribution in [0.4, 0.5) is 11.6 Å². The van der Waals surface area contributed by atoms with Crippen molar-refractivity contribution in [1.82, 2.24) is 9.97 Å². The van der Waals surface area contributed by atoms with E-state index in [0.717, 1.165) is 29.2 Å². The fourth-order valence-corrected chi connectivity index (χ4v) is 3.90.